The quantitative estimate of drug-likeness (QED) is 0.768. The highest BCUT2D eigenvalue weighted by molar-refractivity contribution is 5.86. The summed E-state index contributed by atoms with van der Waals surface area (Å²) < 4.78 is 2.18. The van der Waals surface area contributed by atoms with Gasteiger partial charge >= 0.3 is 0 Å². The number of para-hydroxylation sites is 1. The molecule has 3 nitrogen and oxygen atoms in total. The summed E-state index contributed by atoms with van der Waals surface area (Å²) in [6.45, 7) is 1.13. The highest BCUT2D eigenvalue weighted by Gasteiger charge is 2.35. The zero-order valence-electron chi connectivity index (χ0n) is 10.6. The van der Waals surface area contributed by atoms with Gasteiger partial charge in [0.15, 0.2) is 0 Å². The van der Waals surface area contributed by atoms with E-state index >= 15 is 0 Å². The summed E-state index contributed by atoms with van der Waals surface area (Å²) in [6, 6.07) is 9.00. The molecule has 18 heavy (non-hydrogen) atoms. The molecule has 1 aromatic heterocycles. The highest BCUT2D eigenvalue weighted by atomic mass is 16.3. The van der Waals surface area contributed by atoms with Crippen molar-refractivity contribution in [1.29, 1.82) is 0 Å². The third-order valence-corrected chi connectivity index (χ3v) is 4.62. The summed E-state index contributed by atoms with van der Waals surface area (Å²) in [5.41, 5.74) is 4.03. The Morgan fingerprint density at radius 1 is 1.22 bits per heavy atom. The van der Waals surface area contributed by atoms with E-state index in [0.29, 0.717) is 6.04 Å². The molecule has 0 aliphatic carbocycles. The van der Waals surface area contributed by atoms with E-state index in [9.17, 15) is 5.11 Å². The van der Waals surface area contributed by atoms with Crippen LogP contribution in [0.4, 0.5) is 0 Å². The Balaban J connectivity index is 2.10. The van der Waals surface area contributed by atoms with Crippen LogP contribution in [0.15, 0.2) is 24.3 Å². The van der Waals surface area contributed by atoms with Crippen molar-refractivity contribution in [3.8, 4) is 0 Å². The van der Waals surface area contributed by atoms with Gasteiger partial charge in [-0.3, -0.25) is 4.90 Å². The van der Waals surface area contributed by atoms with Crippen LogP contribution in [0.2, 0.25) is 0 Å². The van der Waals surface area contributed by atoms with E-state index in [1.165, 1.54) is 22.2 Å². The second-order valence-electron chi connectivity index (χ2n) is 5.56. The fourth-order valence-corrected chi connectivity index (χ4v) is 3.74. The van der Waals surface area contributed by atoms with Crippen molar-refractivity contribution < 1.29 is 5.11 Å². The van der Waals surface area contributed by atoms with Gasteiger partial charge in [-0.15, -0.1) is 0 Å². The highest BCUT2D eigenvalue weighted by Crippen LogP contribution is 2.44. The number of hydrogen-bond donors (Lipinski definition) is 1. The van der Waals surface area contributed by atoms with Crippen LogP contribution >= 0.6 is 0 Å². The smallest absolute Gasteiger partial charge is 0.131 e. The number of hydrogen-bond acceptors (Lipinski definition) is 2. The average molecular weight is 242 g/mol. The second-order valence-corrected chi connectivity index (χ2v) is 5.56. The molecule has 4 rings (SSSR count). The van der Waals surface area contributed by atoms with Gasteiger partial charge in [-0.05, 0) is 37.9 Å². The first-order valence-corrected chi connectivity index (χ1v) is 6.77. The summed E-state index contributed by atoms with van der Waals surface area (Å²) in [7, 11) is 2.20. The molecule has 0 radical (unpaired) electrons. The molecule has 2 aliphatic rings. The van der Waals surface area contributed by atoms with Gasteiger partial charge in [-0.1, -0.05) is 18.2 Å². The summed E-state index contributed by atoms with van der Waals surface area (Å²) in [5, 5.41) is 11.7. The first-order chi connectivity index (χ1) is 8.77. The summed E-state index contributed by atoms with van der Waals surface area (Å²) in [5.74, 6) is 0. The molecular formula is C15H18N2O. The largest absolute Gasteiger partial charge is 0.373 e. The Labute approximate surface area is 107 Å². The van der Waals surface area contributed by atoms with E-state index in [4.69, 9.17) is 0 Å². The zero-order chi connectivity index (χ0) is 12.3. The van der Waals surface area contributed by atoms with E-state index < -0.39 is 0 Å². The molecule has 0 amide bonds. The van der Waals surface area contributed by atoms with Crippen LogP contribution in [0.3, 0.4) is 0 Å². The topological polar surface area (TPSA) is 28.4 Å². The van der Waals surface area contributed by atoms with E-state index in [0.717, 1.165) is 25.8 Å². The molecule has 1 N–H and O–H groups in total. The van der Waals surface area contributed by atoms with Crippen LogP contribution in [0.1, 0.15) is 36.4 Å². The molecule has 0 unspecified atom stereocenters. The maximum absolute atomic E-state index is 10.3. The number of rotatable bonds is 0. The number of aliphatic hydroxyl groups is 1. The van der Waals surface area contributed by atoms with Gasteiger partial charge in [-0.2, -0.15) is 0 Å². The summed E-state index contributed by atoms with van der Waals surface area (Å²) in [4.78, 5) is 2.43. The minimum absolute atomic E-state index is 0.346. The number of likely N-dealkylation sites (N-methyl/N-ethyl adjacent to an activating group) is 1. The molecule has 2 aromatic rings. The average Bonchev–Trinajstić information content (AvgIpc) is 2.72. The van der Waals surface area contributed by atoms with Crippen molar-refractivity contribution in [3.63, 3.8) is 0 Å². The van der Waals surface area contributed by atoms with Gasteiger partial charge in [-0.25, -0.2) is 0 Å². The zero-order valence-corrected chi connectivity index (χ0v) is 10.6. The molecule has 0 saturated heterocycles. The number of nitrogens with zero attached hydrogens (tertiary/aromatic N) is 2. The Bertz CT molecular complexity index is 616. The lowest BCUT2D eigenvalue weighted by molar-refractivity contribution is 0.0507. The van der Waals surface area contributed by atoms with Gasteiger partial charge in [0.05, 0.1) is 11.6 Å². The molecule has 2 atom stereocenters. The fraction of sp³-hybridized carbons (Fsp3) is 0.467. The van der Waals surface area contributed by atoms with Gasteiger partial charge in [0.2, 0.25) is 0 Å². The predicted octanol–water partition coefficient (Wildman–Crippen LogP) is 2.46. The number of aliphatic hydroxyl groups excluding tert-OH is 1. The standard InChI is InChI=1S/C15H18N2O/c1-16-9-8-11-10-4-2-3-5-12(10)17-14(18)7-6-13(16)15(11)17/h2-5,13-14,18H,6-9H2,1H3/t13-,14+/m0/s1. The Hall–Kier alpha value is -1.32. The number of benzene rings is 1. The van der Waals surface area contributed by atoms with Crippen molar-refractivity contribution >= 4 is 10.9 Å². The second kappa shape index (κ2) is 3.59. The summed E-state index contributed by atoms with van der Waals surface area (Å²) in [6.07, 6.45) is 2.69. The van der Waals surface area contributed by atoms with Gasteiger partial charge < -0.3 is 9.67 Å². The SMILES string of the molecule is CN1CCc2c3n(c4ccccc24)[C@H](O)CC[C@@H]31. The fourth-order valence-electron chi connectivity index (χ4n) is 3.74. The number of aromatic nitrogens is 1. The maximum atomic E-state index is 10.3. The van der Waals surface area contributed by atoms with Crippen molar-refractivity contribution in [3.05, 3.63) is 35.5 Å². The van der Waals surface area contributed by atoms with E-state index in [1.807, 2.05) is 0 Å². The molecule has 1 aromatic carbocycles. The minimum Gasteiger partial charge on any atom is -0.373 e. The van der Waals surface area contributed by atoms with Crippen LogP contribution in [0.25, 0.3) is 10.9 Å². The Kier molecular flexibility index (Phi) is 2.11. The predicted molar refractivity (Wildman–Crippen MR) is 71.5 cm³/mol. The normalized spacial score (nSPS) is 27.4. The molecule has 0 saturated carbocycles. The van der Waals surface area contributed by atoms with Crippen LogP contribution < -0.4 is 0 Å². The lowest BCUT2D eigenvalue weighted by Gasteiger charge is -2.39. The summed E-state index contributed by atoms with van der Waals surface area (Å²) >= 11 is 0. The first kappa shape index (κ1) is 10.6. The van der Waals surface area contributed by atoms with Crippen LogP contribution in [-0.2, 0) is 6.42 Å². The van der Waals surface area contributed by atoms with E-state index in [1.54, 1.807) is 0 Å². The lowest BCUT2D eigenvalue weighted by Crippen LogP contribution is -2.36. The van der Waals surface area contributed by atoms with E-state index in [2.05, 4.69) is 40.8 Å². The van der Waals surface area contributed by atoms with Crippen molar-refractivity contribution in [2.24, 2.45) is 0 Å². The van der Waals surface area contributed by atoms with Gasteiger partial charge in [0.1, 0.15) is 6.23 Å². The third kappa shape index (κ3) is 1.21. The van der Waals surface area contributed by atoms with Crippen LogP contribution in [0, 0.1) is 0 Å². The first-order valence-electron chi connectivity index (χ1n) is 6.77. The molecule has 94 valence electrons. The van der Waals surface area contributed by atoms with Gasteiger partial charge in [0.25, 0.3) is 0 Å². The Morgan fingerprint density at radius 3 is 2.94 bits per heavy atom. The molecular weight excluding hydrogens is 224 g/mol. The van der Waals surface area contributed by atoms with Crippen molar-refractivity contribution in [1.82, 2.24) is 9.47 Å². The monoisotopic (exact) mass is 242 g/mol. The van der Waals surface area contributed by atoms with Crippen molar-refractivity contribution in [2.45, 2.75) is 31.5 Å². The molecule has 3 heteroatoms. The molecule has 2 aliphatic heterocycles. The van der Waals surface area contributed by atoms with Crippen molar-refractivity contribution in [2.75, 3.05) is 13.6 Å². The minimum atomic E-state index is -0.346. The lowest BCUT2D eigenvalue weighted by atomic mass is 9.92. The Morgan fingerprint density at radius 2 is 2.06 bits per heavy atom. The van der Waals surface area contributed by atoms with E-state index in [-0.39, 0.29) is 6.23 Å². The maximum Gasteiger partial charge on any atom is 0.131 e. The molecule has 0 bridgehead atoms. The molecule has 3 heterocycles. The number of fused-ring (bicyclic) bond motifs is 3. The molecule has 0 fully saturated rings. The third-order valence-electron chi connectivity index (χ3n) is 4.62. The van der Waals surface area contributed by atoms with Crippen LogP contribution in [-0.4, -0.2) is 28.2 Å². The van der Waals surface area contributed by atoms with Gasteiger partial charge in [0, 0.05) is 17.6 Å². The molecule has 0 spiro atoms. The van der Waals surface area contributed by atoms with Crippen LogP contribution in [0.5, 0.6) is 0 Å².